The number of ether oxygens (including phenoxy) is 2. The molecule has 0 saturated heterocycles. The van der Waals surface area contributed by atoms with E-state index in [1.807, 2.05) is 97.1 Å². The molecule has 0 aliphatic rings. The fraction of sp³-hybridized carbons (Fsp3) is 0.200. The summed E-state index contributed by atoms with van der Waals surface area (Å²) in [5.41, 5.74) is 5.02. The van der Waals surface area contributed by atoms with Crippen LogP contribution in [0.3, 0.4) is 0 Å². The maximum Gasteiger partial charge on any atom is 0.408 e. The summed E-state index contributed by atoms with van der Waals surface area (Å²) >= 11 is 1.38. The second-order valence-corrected chi connectivity index (χ2v) is 11.7. The molecule has 2 unspecified atom stereocenters. The number of benzene rings is 4. The maximum absolute atomic E-state index is 13.9. The fourth-order valence-corrected chi connectivity index (χ4v) is 6.57. The lowest BCUT2D eigenvalue weighted by Crippen LogP contribution is -2.54. The molecule has 48 heavy (non-hydrogen) atoms. The normalized spacial score (nSPS) is 12.1. The largest absolute Gasteiger partial charge is 0.467 e. The zero-order valence-electron chi connectivity index (χ0n) is 26.0. The molecule has 248 valence electrons. The number of rotatable bonds is 15. The molecular formula is C35H35N4O8S+. The predicted molar refractivity (Wildman–Crippen MR) is 177 cm³/mol. The van der Waals surface area contributed by atoms with Crippen molar-refractivity contribution < 1.29 is 38.9 Å². The van der Waals surface area contributed by atoms with E-state index >= 15 is 0 Å². The first-order valence-electron chi connectivity index (χ1n) is 14.8. The van der Waals surface area contributed by atoms with Crippen LogP contribution >= 0.6 is 11.8 Å². The number of carbonyl (C=O) groups excluding carboxylic acids is 4. The van der Waals surface area contributed by atoms with Gasteiger partial charge in [-0.05, 0) is 27.7 Å². The van der Waals surface area contributed by atoms with Gasteiger partial charge in [-0.15, -0.1) is 11.8 Å². The Morgan fingerprint density at radius 2 is 1.23 bits per heavy atom. The molecular weight excluding hydrogens is 636 g/mol. The molecule has 13 heteroatoms. The van der Waals surface area contributed by atoms with Crippen molar-refractivity contribution in [1.29, 1.82) is 0 Å². The van der Waals surface area contributed by atoms with Crippen LogP contribution in [0.5, 0.6) is 0 Å². The molecule has 0 radical (unpaired) electrons. The minimum atomic E-state index is -1.56. The molecule has 4 aromatic carbocycles. The first-order valence-corrected chi connectivity index (χ1v) is 15.8. The highest BCUT2D eigenvalue weighted by Gasteiger charge is 2.39. The number of hydrogen-bond donors (Lipinski definition) is 4. The van der Waals surface area contributed by atoms with E-state index in [9.17, 15) is 24.1 Å². The van der Waals surface area contributed by atoms with Crippen LogP contribution < -0.4 is 16.1 Å². The molecule has 2 atom stereocenters. The van der Waals surface area contributed by atoms with Gasteiger partial charge in [0.25, 0.3) is 5.91 Å². The number of hydrazine groups is 1. The average molecular weight is 672 g/mol. The van der Waals surface area contributed by atoms with Crippen LogP contribution in [-0.4, -0.2) is 59.1 Å². The SMILES string of the molecule is COC(=O)C(CC(=O)N[N+](=O)O)NC(=O)C(CSC(c1ccccc1)(c1ccccc1)c1ccccc1)NC(=O)OCc1ccccc1. The van der Waals surface area contributed by atoms with Crippen molar-refractivity contribution in [2.45, 2.75) is 29.9 Å². The number of hydrogen-bond acceptors (Lipinski definition) is 8. The van der Waals surface area contributed by atoms with Gasteiger partial charge in [-0.25, -0.2) is 14.8 Å². The summed E-state index contributed by atoms with van der Waals surface area (Å²) in [5, 5.41) is 13.1. The third kappa shape index (κ3) is 9.42. The third-order valence-electron chi connectivity index (χ3n) is 7.24. The van der Waals surface area contributed by atoms with Crippen molar-refractivity contribution in [3.8, 4) is 0 Å². The Morgan fingerprint density at radius 1 is 0.750 bits per heavy atom. The van der Waals surface area contributed by atoms with Crippen LogP contribution in [0.4, 0.5) is 4.79 Å². The monoisotopic (exact) mass is 671 g/mol. The van der Waals surface area contributed by atoms with Gasteiger partial charge < -0.3 is 20.1 Å². The Morgan fingerprint density at radius 3 is 1.69 bits per heavy atom. The highest BCUT2D eigenvalue weighted by atomic mass is 32.2. The van der Waals surface area contributed by atoms with Gasteiger partial charge in [0, 0.05) is 5.75 Å². The Labute approximate surface area is 281 Å². The lowest BCUT2D eigenvalue weighted by molar-refractivity contribution is -0.823. The van der Waals surface area contributed by atoms with Gasteiger partial charge in [0.1, 0.15) is 23.6 Å². The number of amides is 3. The Bertz CT molecular complexity index is 1580. The van der Waals surface area contributed by atoms with Gasteiger partial charge in [-0.2, -0.15) is 0 Å². The molecule has 0 spiro atoms. The van der Waals surface area contributed by atoms with Crippen molar-refractivity contribution >= 4 is 35.6 Å². The predicted octanol–water partition coefficient (Wildman–Crippen LogP) is 4.25. The van der Waals surface area contributed by atoms with Gasteiger partial charge in [0.05, 0.1) is 18.3 Å². The first kappa shape index (κ1) is 35.2. The summed E-state index contributed by atoms with van der Waals surface area (Å²) in [7, 11) is 1.06. The Kier molecular flexibility index (Phi) is 12.7. The minimum Gasteiger partial charge on any atom is -0.467 e. The molecule has 0 aliphatic carbocycles. The number of carbonyl (C=O) groups is 4. The number of nitrogens with one attached hydrogen (secondary N) is 3. The molecule has 4 rings (SSSR count). The zero-order valence-corrected chi connectivity index (χ0v) is 26.8. The highest BCUT2D eigenvalue weighted by Crippen LogP contribution is 2.48. The summed E-state index contributed by atoms with van der Waals surface area (Å²) in [4.78, 5) is 62.6. The van der Waals surface area contributed by atoms with Gasteiger partial charge in [-0.1, -0.05) is 121 Å². The van der Waals surface area contributed by atoms with Crippen LogP contribution in [0.15, 0.2) is 121 Å². The molecule has 0 heterocycles. The quantitative estimate of drug-likeness (QED) is 0.0822. The topological polar surface area (TPSA) is 163 Å². The summed E-state index contributed by atoms with van der Waals surface area (Å²) in [5.74, 6) is -2.91. The van der Waals surface area contributed by atoms with Gasteiger partial charge in [0.2, 0.25) is 5.91 Å². The van der Waals surface area contributed by atoms with Crippen molar-refractivity contribution in [2.24, 2.45) is 0 Å². The van der Waals surface area contributed by atoms with E-state index in [-0.39, 0.29) is 12.4 Å². The number of esters is 1. The lowest BCUT2D eigenvalue weighted by Gasteiger charge is -2.36. The smallest absolute Gasteiger partial charge is 0.408 e. The summed E-state index contributed by atoms with van der Waals surface area (Å²) in [6.45, 7) is -0.0616. The van der Waals surface area contributed by atoms with E-state index in [0.29, 0.717) is 0 Å². The third-order valence-corrected chi connectivity index (χ3v) is 8.88. The van der Waals surface area contributed by atoms with E-state index in [1.54, 1.807) is 29.7 Å². The van der Waals surface area contributed by atoms with Gasteiger partial charge >= 0.3 is 17.1 Å². The van der Waals surface area contributed by atoms with Crippen LogP contribution in [-0.2, 0) is 35.2 Å². The molecule has 0 bridgehead atoms. The van der Waals surface area contributed by atoms with Crippen LogP contribution in [0.2, 0.25) is 0 Å². The molecule has 0 saturated carbocycles. The summed E-state index contributed by atoms with van der Waals surface area (Å²) in [6, 6.07) is 35.2. The van der Waals surface area contributed by atoms with E-state index in [4.69, 9.17) is 14.7 Å². The second kappa shape index (κ2) is 17.3. The number of thioether (sulfide) groups is 1. The number of alkyl carbamates (subject to hydrolysis) is 1. The Hall–Kier alpha value is -5.69. The van der Waals surface area contributed by atoms with Crippen LogP contribution in [0.1, 0.15) is 28.7 Å². The molecule has 3 amide bonds. The van der Waals surface area contributed by atoms with Crippen molar-refractivity contribution in [2.75, 3.05) is 12.9 Å². The van der Waals surface area contributed by atoms with Crippen LogP contribution in [0, 0.1) is 4.91 Å². The van der Waals surface area contributed by atoms with Crippen molar-refractivity contribution in [3.63, 3.8) is 0 Å². The minimum absolute atomic E-state index is 0.0317. The summed E-state index contributed by atoms with van der Waals surface area (Å²) in [6.07, 6.45) is -1.63. The summed E-state index contributed by atoms with van der Waals surface area (Å²) < 4.78 is 9.30. The average Bonchev–Trinajstić information content (AvgIpc) is 3.11. The highest BCUT2D eigenvalue weighted by molar-refractivity contribution is 8.00. The van der Waals surface area contributed by atoms with Crippen molar-refractivity contribution in [1.82, 2.24) is 16.1 Å². The lowest BCUT2D eigenvalue weighted by atomic mass is 9.84. The number of nitrogens with zero attached hydrogens (tertiary/aromatic N) is 1. The molecule has 0 aromatic heterocycles. The fourth-order valence-electron chi connectivity index (χ4n) is 5.01. The van der Waals surface area contributed by atoms with E-state index in [0.717, 1.165) is 29.4 Å². The number of methoxy groups -OCH3 is 1. The zero-order chi connectivity index (χ0) is 34.4. The molecule has 0 aliphatic heterocycles. The second-order valence-electron chi connectivity index (χ2n) is 10.4. The standard InChI is InChI=1S/C35H34N4O8S/c1-46-33(42)29(22-31(40)38-39(44)45)36-32(41)30(37-34(43)47-23-25-14-6-2-7-15-25)24-48-35(26-16-8-3-9-17-26,27-18-10-4-11-19-27)28-20-12-5-13-21-28/h2-21,29-30H,22-24H2,1H3,(H3-,36,37,38,40,41,43,44,45)/p+1. The molecule has 4 aromatic rings. The first-order chi connectivity index (χ1) is 23.2. The van der Waals surface area contributed by atoms with E-state index in [1.165, 1.54) is 11.8 Å². The Balaban J connectivity index is 1.69. The van der Waals surface area contributed by atoms with Crippen LogP contribution in [0.25, 0.3) is 0 Å². The van der Waals surface area contributed by atoms with E-state index in [2.05, 4.69) is 10.6 Å². The van der Waals surface area contributed by atoms with Gasteiger partial charge in [-0.3, -0.25) is 9.59 Å². The van der Waals surface area contributed by atoms with Crippen molar-refractivity contribution in [3.05, 3.63) is 148 Å². The maximum atomic E-state index is 13.9. The molecule has 12 nitrogen and oxygen atoms in total. The molecule has 0 fully saturated rings. The van der Waals surface area contributed by atoms with Gasteiger partial charge in [0.15, 0.2) is 0 Å². The van der Waals surface area contributed by atoms with E-state index < -0.39 is 52.2 Å². The molecule has 4 N–H and O–H groups in total.